The van der Waals surface area contributed by atoms with Crippen LogP contribution in [-0.4, -0.2) is 0 Å². The van der Waals surface area contributed by atoms with Gasteiger partial charge in [-0.2, -0.15) is 0 Å². The van der Waals surface area contributed by atoms with Crippen LogP contribution < -0.4 is 0 Å². The minimum absolute atomic E-state index is 0.785. The Morgan fingerprint density at radius 3 is 2.60 bits per heavy atom. The van der Waals surface area contributed by atoms with Crippen molar-refractivity contribution in [1.29, 1.82) is 0 Å². The zero-order chi connectivity index (χ0) is 11.0. The van der Waals surface area contributed by atoms with Crippen LogP contribution in [0.25, 0.3) is 0 Å². The van der Waals surface area contributed by atoms with Gasteiger partial charge < -0.3 is 0 Å². The van der Waals surface area contributed by atoms with Gasteiger partial charge in [0, 0.05) is 5.92 Å². The summed E-state index contributed by atoms with van der Waals surface area (Å²) in [6.45, 7) is 9.34. The molecule has 0 unspecified atom stereocenters. The molecule has 0 amide bonds. The van der Waals surface area contributed by atoms with Crippen LogP contribution in [-0.2, 0) is 0 Å². The monoisotopic (exact) mass is 204 g/mol. The van der Waals surface area contributed by atoms with Crippen molar-refractivity contribution in [3.8, 4) is 0 Å². The number of hydrogen-bond donors (Lipinski definition) is 0. The Morgan fingerprint density at radius 2 is 1.93 bits per heavy atom. The molecule has 2 aliphatic carbocycles. The molecule has 0 aromatic rings. The second kappa shape index (κ2) is 4.15. The lowest BCUT2D eigenvalue weighted by molar-refractivity contribution is 0.223. The molecule has 0 spiro atoms. The molecule has 3 atom stereocenters. The van der Waals surface area contributed by atoms with E-state index in [1.165, 1.54) is 25.7 Å². The first-order valence-corrected chi connectivity index (χ1v) is 6.43. The van der Waals surface area contributed by atoms with E-state index in [4.69, 9.17) is 0 Å². The Hall–Kier alpha value is -0.520. The molecule has 2 aliphatic rings. The summed E-state index contributed by atoms with van der Waals surface area (Å²) in [6, 6.07) is 0. The minimum atomic E-state index is 0.785. The number of hydrogen-bond acceptors (Lipinski definition) is 0. The van der Waals surface area contributed by atoms with Crippen LogP contribution >= 0.6 is 0 Å². The first kappa shape index (κ1) is 11.0. The van der Waals surface area contributed by atoms with Gasteiger partial charge in [0.2, 0.25) is 0 Å². The van der Waals surface area contributed by atoms with Gasteiger partial charge in [0.25, 0.3) is 0 Å². The summed E-state index contributed by atoms with van der Waals surface area (Å²) in [5, 5.41) is 0. The zero-order valence-corrected chi connectivity index (χ0v) is 10.6. The predicted octanol–water partition coefficient (Wildman–Crippen LogP) is 4.73. The van der Waals surface area contributed by atoms with Crippen LogP contribution in [0.3, 0.4) is 0 Å². The summed E-state index contributed by atoms with van der Waals surface area (Å²) >= 11 is 0. The molecule has 0 heteroatoms. The molecule has 1 fully saturated rings. The molecule has 0 nitrogen and oxygen atoms in total. The van der Waals surface area contributed by atoms with E-state index in [0.29, 0.717) is 0 Å². The maximum atomic E-state index is 2.56. The smallest absolute Gasteiger partial charge is 0.00127 e. The van der Waals surface area contributed by atoms with Crippen molar-refractivity contribution in [3.63, 3.8) is 0 Å². The van der Waals surface area contributed by atoms with Crippen LogP contribution in [0.1, 0.15) is 53.4 Å². The molecule has 0 aromatic carbocycles. The second-order valence-corrected chi connectivity index (χ2v) is 5.78. The van der Waals surface area contributed by atoms with Gasteiger partial charge in [-0.3, -0.25) is 0 Å². The highest BCUT2D eigenvalue weighted by Gasteiger charge is 2.34. The van der Waals surface area contributed by atoms with E-state index in [2.05, 4.69) is 33.8 Å². The second-order valence-electron chi connectivity index (χ2n) is 5.78. The lowest BCUT2D eigenvalue weighted by Crippen LogP contribution is -2.30. The molecule has 1 saturated carbocycles. The van der Waals surface area contributed by atoms with E-state index in [-0.39, 0.29) is 0 Å². The van der Waals surface area contributed by atoms with E-state index in [9.17, 15) is 0 Å². The molecule has 0 saturated heterocycles. The van der Waals surface area contributed by atoms with Crippen molar-refractivity contribution in [2.24, 2.45) is 17.8 Å². The maximum absolute atomic E-state index is 2.56. The Labute approximate surface area is 94.5 Å². The van der Waals surface area contributed by atoms with Crippen molar-refractivity contribution >= 4 is 0 Å². The Kier molecular flexibility index (Phi) is 3.04. The molecule has 0 aromatic heterocycles. The third-order valence-corrected chi connectivity index (χ3v) is 4.44. The minimum Gasteiger partial charge on any atom is -0.0781 e. The SMILES string of the molecule is CC1=C[C@@H]2C(=C(C)C)CC[C@H](C)[C@@H]2CC1. The van der Waals surface area contributed by atoms with E-state index in [1.807, 2.05) is 0 Å². The van der Waals surface area contributed by atoms with Gasteiger partial charge in [-0.15, -0.1) is 0 Å². The quantitative estimate of drug-likeness (QED) is 0.501. The fraction of sp³-hybridized carbons (Fsp3) is 0.733. The summed E-state index contributed by atoms with van der Waals surface area (Å²) in [4.78, 5) is 0. The van der Waals surface area contributed by atoms with Gasteiger partial charge in [-0.25, -0.2) is 0 Å². The summed E-state index contributed by atoms with van der Waals surface area (Å²) in [5.74, 6) is 2.65. The first-order chi connectivity index (χ1) is 7.09. The van der Waals surface area contributed by atoms with Gasteiger partial charge in [0.1, 0.15) is 0 Å². The largest absolute Gasteiger partial charge is 0.0781 e. The fourth-order valence-electron chi connectivity index (χ4n) is 3.43. The van der Waals surface area contributed by atoms with E-state index in [0.717, 1.165) is 17.8 Å². The summed E-state index contributed by atoms with van der Waals surface area (Å²) < 4.78 is 0. The Morgan fingerprint density at radius 1 is 1.20 bits per heavy atom. The molecule has 0 aliphatic heterocycles. The first-order valence-electron chi connectivity index (χ1n) is 6.43. The molecular weight excluding hydrogens is 180 g/mol. The third-order valence-electron chi connectivity index (χ3n) is 4.44. The topological polar surface area (TPSA) is 0 Å². The average molecular weight is 204 g/mol. The van der Waals surface area contributed by atoms with Crippen LogP contribution in [0.4, 0.5) is 0 Å². The van der Waals surface area contributed by atoms with Crippen molar-refractivity contribution in [2.45, 2.75) is 53.4 Å². The highest BCUT2D eigenvalue weighted by molar-refractivity contribution is 5.26. The number of rotatable bonds is 0. The average Bonchev–Trinajstić information content (AvgIpc) is 2.17. The summed E-state index contributed by atoms with van der Waals surface area (Å²) in [5.41, 5.74) is 4.93. The van der Waals surface area contributed by atoms with E-state index < -0.39 is 0 Å². The molecule has 0 radical (unpaired) electrons. The van der Waals surface area contributed by atoms with Gasteiger partial charge in [0.15, 0.2) is 0 Å². The highest BCUT2D eigenvalue weighted by atomic mass is 14.4. The van der Waals surface area contributed by atoms with E-state index >= 15 is 0 Å². The standard InChI is InChI=1S/C15H24/c1-10(2)13-8-6-12(4)14-7-5-11(3)9-15(13)14/h9,12,14-15H,5-8H2,1-4H3/t12-,14-,15+/m0/s1. The van der Waals surface area contributed by atoms with Gasteiger partial charge in [-0.1, -0.05) is 29.7 Å². The lowest BCUT2D eigenvalue weighted by atomic mass is 9.64. The molecule has 0 heterocycles. The van der Waals surface area contributed by atoms with Crippen molar-refractivity contribution in [3.05, 3.63) is 22.8 Å². The van der Waals surface area contributed by atoms with Crippen molar-refractivity contribution in [1.82, 2.24) is 0 Å². The summed E-state index contributed by atoms with van der Waals surface area (Å²) in [7, 11) is 0. The van der Waals surface area contributed by atoms with E-state index in [1.54, 1.807) is 16.7 Å². The highest BCUT2D eigenvalue weighted by Crippen LogP contribution is 2.46. The molecule has 0 bridgehead atoms. The third kappa shape index (κ3) is 2.04. The normalized spacial score (nSPS) is 35.9. The van der Waals surface area contributed by atoms with Crippen molar-refractivity contribution in [2.75, 3.05) is 0 Å². The van der Waals surface area contributed by atoms with Crippen molar-refractivity contribution < 1.29 is 0 Å². The molecule has 0 N–H and O–H groups in total. The molecule has 84 valence electrons. The maximum Gasteiger partial charge on any atom is 0.00127 e. The Balaban J connectivity index is 2.33. The summed E-state index contributed by atoms with van der Waals surface area (Å²) in [6.07, 6.45) is 8.07. The molecule has 15 heavy (non-hydrogen) atoms. The number of allylic oxidation sites excluding steroid dienone is 4. The van der Waals surface area contributed by atoms with Gasteiger partial charge in [0.05, 0.1) is 0 Å². The molecule has 2 rings (SSSR count). The van der Waals surface area contributed by atoms with Crippen LogP contribution in [0.15, 0.2) is 22.8 Å². The van der Waals surface area contributed by atoms with Crippen LogP contribution in [0.2, 0.25) is 0 Å². The number of fused-ring (bicyclic) bond motifs is 1. The van der Waals surface area contributed by atoms with Gasteiger partial charge >= 0.3 is 0 Å². The van der Waals surface area contributed by atoms with Gasteiger partial charge in [-0.05, 0) is 58.3 Å². The van der Waals surface area contributed by atoms with Crippen LogP contribution in [0, 0.1) is 17.8 Å². The lowest BCUT2D eigenvalue weighted by Gasteiger charge is -2.41. The van der Waals surface area contributed by atoms with Crippen LogP contribution in [0.5, 0.6) is 0 Å². The molecular formula is C15H24. The fourth-order valence-corrected chi connectivity index (χ4v) is 3.43. The zero-order valence-electron chi connectivity index (χ0n) is 10.6. The predicted molar refractivity (Wildman–Crippen MR) is 66.7 cm³/mol. The Bertz CT molecular complexity index is 302.